The van der Waals surface area contributed by atoms with E-state index in [1.807, 2.05) is 20.8 Å². The van der Waals surface area contributed by atoms with Gasteiger partial charge in [0.05, 0.1) is 5.56 Å². The Morgan fingerprint density at radius 1 is 1.42 bits per heavy atom. The summed E-state index contributed by atoms with van der Waals surface area (Å²) in [6, 6.07) is 0. The number of nitrogens with zero attached hydrogens (tertiary/aromatic N) is 2. The number of anilines is 1. The fourth-order valence-corrected chi connectivity index (χ4v) is 2.06. The molecule has 1 aromatic rings. The Labute approximate surface area is 111 Å². The van der Waals surface area contributed by atoms with Crippen molar-refractivity contribution in [3.8, 4) is 0 Å². The van der Waals surface area contributed by atoms with Crippen LogP contribution in [0.1, 0.15) is 38.6 Å². The Morgan fingerprint density at radius 3 is 2.74 bits per heavy atom. The minimum atomic E-state index is -0.565. The number of nitrogens with one attached hydrogen (secondary N) is 1. The maximum Gasteiger partial charge on any atom is 0.416 e. The van der Waals surface area contributed by atoms with E-state index in [9.17, 15) is 9.59 Å². The Morgan fingerprint density at radius 2 is 2.11 bits per heavy atom. The van der Waals surface area contributed by atoms with Crippen molar-refractivity contribution >= 4 is 11.9 Å². The zero-order valence-corrected chi connectivity index (χ0v) is 11.7. The Balaban J connectivity index is 2.37. The Kier molecular flexibility index (Phi) is 3.34. The molecule has 0 spiro atoms. The van der Waals surface area contributed by atoms with E-state index in [-0.39, 0.29) is 5.56 Å². The fraction of sp³-hybridized carbons (Fsp3) is 0.615. The van der Waals surface area contributed by atoms with Gasteiger partial charge in [0.2, 0.25) is 0 Å². The molecule has 2 rings (SSSR count). The molecule has 0 unspecified atom stereocenters. The molecule has 104 valence electrons. The topological polar surface area (TPSA) is 75.3 Å². The summed E-state index contributed by atoms with van der Waals surface area (Å²) < 4.78 is 5.35. The number of carbonyl (C=O) groups is 1. The summed E-state index contributed by atoms with van der Waals surface area (Å²) in [5.74, 6) is 0.931. The van der Waals surface area contributed by atoms with Crippen molar-refractivity contribution in [1.82, 2.24) is 9.97 Å². The normalized spacial score (nSPS) is 15.1. The molecule has 0 saturated heterocycles. The summed E-state index contributed by atoms with van der Waals surface area (Å²) in [4.78, 5) is 32.4. The molecule has 0 fully saturated rings. The van der Waals surface area contributed by atoms with Gasteiger partial charge >= 0.3 is 6.09 Å². The monoisotopic (exact) mass is 265 g/mol. The molecule has 1 aliphatic rings. The molecule has 0 atom stereocenters. The first-order valence-electron chi connectivity index (χ1n) is 6.38. The largest absolute Gasteiger partial charge is 0.443 e. The zero-order chi connectivity index (χ0) is 14.2. The van der Waals surface area contributed by atoms with Crippen molar-refractivity contribution < 1.29 is 9.53 Å². The second-order valence-corrected chi connectivity index (χ2v) is 5.69. The molecule has 0 saturated carbocycles. The van der Waals surface area contributed by atoms with Crippen LogP contribution in [0.15, 0.2) is 4.79 Å². The maximum absolute atomic E-state index is 12.2. The number of fused-ring (bicyclic) bond motifs is 1. The molecule has 2 heterocycles. The lowest BCUT2D eigenvalue weighted by Gasteiger charge is -2.30. The first-order chi connectivity index (χ1) is 8.78. The lowest BCUT2D eigenvalue weighted by atomic mass is 10.1. The van der Waals surface area contributed by atoms with Crippen LogP contribution in [0, 0.1) is 6.92 Å². The lowest BCUT2D eigenvalue weighted by Crippen LogP contribution is -2.42. The highest BCUT2D eigenvalue weighted by atomic mass is 16.6. The molecule has 1 N–H and O–H groups in total. The van der Waals surface area contributed by atoms with Crippen molar-refractivity contribution in [2.75, 3.05) is 11.4 Å². The summed E-state index contributed by atoms with van der Waals surface area (Å²) in [6.07, 6.45) is 0.920. The average Bonchev–Trinajstić information content (AvgIpc) is 2.25. The third-order valence-electron chi connectivity index (χ3n) is 2.79. The Bertz CT molecular complexity index is 557. The molecule has 0 radical (unpaired) electrons. The number of aryl methyl sites for hydroxylation is 1. The van der Waals surface area contributed by atoms with Crippen molar-refractivity contribution in [3.05, 3.63) is 21.7 Å². The summed E-state index contributed by atoms with van der Waals surface area (Å²) >= 11 is 0. The van der Waals surface area contributed by atoms with Crippen LogP contribution in [0.5, 0.6) is 0 Å². The van der Waals surface area contributed by atoms with E-state index in [4.69, 9.17) is 4.74 Å². The zero-order valence-electron chi connectivity index (χ0n) is 11.7. The van der Waals surface area contributed by atoms with Crippen LogP contribution in [0.25, 0.3) is 0 Å². The van der Waals surface area contributed by atoms with Gasteiger partial charge in [0.25, 0.3) is 5.56 Å². The first-order valence-corrected chi connectivity index (χ1v) is 6.38. The van der Waals surface area contributed by atoms with Crippen LogP contribution in [0.2, 0.25) is 0 Å². The molecular weight excluding hydrogens is 246 g/mol. The summed E-state index contributed by atoms with van der Waals surface area (Å²) in [5, 5.41) is 0. The standard InChI is InChI=1S/C13H19N3O3/c1-8-14-10-9(11(17)15-8)6-5-7-16(10)12(18)19-13(2,3)4/h5-7H2,1-4H3,(H,14,15,17). The highest BCUT2D eigenvalue weighted by Gasteiger charge is 2.29. The SMILES string of the molecule is Cc1nc2c(c(=O)[nH]1)CCCN2C(=O)OC(C)(C)C. The third kappa shape index (κ3) is 2.94. The van der Waals surface area contributed by atoms with E-state index in [1.165, 1.54) is 4.90 Å². The van der Waals surface area contributed by atoms with Gasteiger partial charge in [-0.3, -0.25) is 9.69 Å². The van der Waals surface area contributed by atoms with E-state index >= 15 is 0 Å². The van der Waals surface area contributed by atoms with Crippen LogP contribution in [-0.4, -0.2) is 28.2 Å². The molecule has 0 aromatic carbocycles. The fourth-order valence-electron chi connectivity index (χ4n) is 2.06. The molecular formula is C13H19N3O3. The molecule has 1 aliphatic heterocycles. The van der Waals surface area contributed by atoms with Crippen molar-refractivity contribution in [1.29, 1.82) is 0 Å². The van der Waals surface area contributed by atoms with Crippen molar-refractivity contribution in [2.24, 2.45) is 0 Å². The number of aromatic nitrogens is 2. The highest BCUT2D eigenvalue weighted by Crippen LogP contribution is 2.23. The number of rotatable bonds is 0. The van der Waals surface area contributed by atoms with Gasteiger partial charge in [-0.05, 0) is 40.5 Å². The van der Waals surface area contributed by atoms with Gasteiger partial charge in [-0.15, -0.1) is 0 Å². The number of aromatic amines is 1. The molecule has 6 heteroatoms. The summed E-state index contributed by atoms with van der Waals surface area (Å²) in [5.41, 5.74) is -0.177. The van der Waals surface area contributed by atoms with E-state index < -0.39 is 11.7 Å². The molecule has 1 aromatic heterocycles. The van der Waals surface area contributed by atoms with Gasteiger partial charge in [0.15, 0.2) is 0 Å². The Hall–Kier alpha value is -1.85. The van der Waals surface area contributed by atoms with Gasteiger partial charge in [-0.2, -0.15) is 0 Å². The maximum atomic E-state index is 12.2. The minimum Gasteiger partial charge on any atom is -0.443 e. The number of hydrogen-bond acceptors (Lipinski definition) is 4. The van der Waals surface area contributed by atoms with Crippen molar-refractivity contribution in [2.45, 2.75) is 46.1 Å². The quantitative estimate of drug-likeness (QED) is 0.775. The molecule has 6 nitrogen and oxygen atoms in total. The number of carbonyl (C=O) groups excluding carboxylic acids is 1. The molecule has 0 bridgehead atoms. The second kappa shape index (κ2) is 4.68. The average molecular weight is 265 g/mol. The lowest BCUT2D eigenvalue weighted by molar-refractivity contribution is 0.0576. The minimum absolute atomic E-state index is 0.171. The van der Waals surface area contributed by atoms with E-state index in [2.05, 4.69) is 9.97 Å². The van der Waals surface area contributed by atoms with E-state index in [1.54, 1.807) is 6.92 Å². The van der Waals surface area contributed by atoms with Crippen LogP contribution < -0.4 is 10.5 Å². The highest BCUT2D eigenvalue weighted by molar-refractivity contribution is 5.88. The smallest absolute Gasteiger partial charge is 0.416 e. The number of H-pyrrole nitrogens is 1. The third-order valence-corrected chi connectivity index (χ3v) is 2.79. The predicted octanol–water partition coefficient (Wildman–Crippen LogP) is 1.77. The van der Waals surface area contributed by atoms with E-state index in [0.29, 0.717) is 30.2 Å². The molecule has 1 amide bonds. The predicted molar refractivity (Wildman–Crippen MR) is 71.5 cm³/mol. The van der Waals surface area contributed by atoms with Gasteiger partial charge in [-0.1, -0.05) is 0 Å². The summed E-state index contributed by atoms with van der Waals surface area (Å²) in [7, 11) is 0. The van der Waals surface area contributed by atoms with Gasteiger partial charge in [0.1, 0.15) is 17.2 Å². The van der Waals surface area contributed by atoms with Gasteiger partial charge in [0, 0.05) is 6.54 Å². The van der Waals surface area contributed by atoms with Crippen LogP contribution >= 0.6 is 0 Å². The number of amides is 1. The van der Waals surface area contributed by atoms with E-state index in [0.717, 1.165) is 6.42 Å². The van der Waals surface area contributed by atoms with Crippen LogP contribution in [0.3, 0.4) is 0 Å². The summed E-state index contributed by atoms with van der Waals surface area (Å²) in [6.45, 7) is 7.66. The number of hydrogen-bond donors (Lipinski definition) is 1. The molecule has 0 aliphatic carbocycles. The van der Waals surface area contributed by atoms with Crippen molar-refractivity contribution in [3.63, 3.8) is 0 Å². The van der Waals surface area contributed by atoms with Crippen LogP contribution in [-0.2, 0) is 11.2 Å². The van der Waals surface area contributed by atoms with Gasteiger partial charge < -0.3 is 9.72 Å². The second-order valence-electron chi connectivity index (χ2n) is 5.69. The number of ether oxygens (including phenoxy) is 1. The molecule has 19 heavy (non-hydrogen) atoms. The van der Waals surface area contributed by atoms with Crippen LogP contribution in [0.4, 0.5) is 10.6 Å². The first kappa shape index (κ1) is 13.6. The van der Waals surface area contributed by atoms with Gasteiger partial charge in [-0.25, -0.2) is 9.78 Å².